The Bertz CT molecular complexity index is 534. The lowest BCUT2D eigenvalue weighted by molar-refractivity contribution is -0.118. The van der Waals surface area contributed by atoms with E-state index in [4.69, 9.17) is 15.2 Å². The largest absolute Gasteiger partial charge is 0.339 e. The van der Waals surface area contributed by atoms with Crippen LogP contribution in [0.15, 0.2) is 4.52 Å². The summed E-state index contributed by atoms with van der Waals surface area (Å²) < 4.78 is 5.73. The van der Waals surface area contributed by atoms with Crippen molar-refractivity contribution >= 4 is 0 Å². The number of aromatic nitrogens is 2. The number of nitrogens with zero attached hydrogens (tertiary/aromatic N) is 2. The highest BCUT2D eigenvalue weighted by atomic mass is 16.5. The van der Waals surface area contributed by atoms with Gasteiger partial charge in [-0.1, -0.05) is 19.0 Å². The van der Waals surface area contributed by atoms with Crippen LogP contribution in [0.25, 0.3) is 0 Å². The molecule has 116 valence electrons. The Labute approximate surface area is 126 Å². The second-order valence-corrected chi connectivity index (χ2v) is 8.82. The average Bonchev–Trinajstić information content (AvgIpc) is 2.81. The van der Waals surface area contributed by atoms with Crippen LogP contribution < -0.4 is 5.73 Å². The van der Waals surface area contributed by atoms with Crippen molar-refractivity contribution in [3.05, 3.63) is 11.7 Å². The van der Waals surface area contributed by atoms with Crippen molar-refractivity contribution in [3.8, 4) is 0 Å². The standard InChI is InChI=1S/C17H27N3O/c1-15-6-12-7-16(2,9-15)11-17(8-12,10-15)14-19-13(20-21-14)4-3-5-18/h12H,3-11,18H2,1-2H3. The highest BCUT2D eigenvalue weighted by Crippen LogP contribution is 2.69. The molecule has 4 bridgehead atoms. The fourth-order valence-corrected chi connectivity index (χ4v) is 6.52. The summed E-state index contributed by atoms with van der Waals surface area (Å²) in [7, 11) is 0. The Morgan fingerprint density at radius 1 is 1.14 bits per heavy atom. The lowest BCUT2D eigenvalue weighted by Gasteiger charge is -2.64. The molecule has 0 aromatic carbocycles. The summed E-state index contributed by atoms with van der Waals surface area (Å²) >= 11 is 0. The maximum atomic E-state index is 5.73. The molecule has 4 saturated carbocycles. The lowest BCUT2D eigenvalue weighted by Crippen LogP contribution is -2.57. The van der Waals surface area contributed by atoms with Crippen molar-refractivity contribution in [1.82, 2.24) is 10.1 Å². The van der Waals surface area contributed by atoms with Crippen LogP contribution in [-0.2, 0) is 11.8 Å². The van der Waals surface area contributed by atoms with E-state index >= 15 is 0 Å². The topological polar surface area (TPSA) is 64.9 Å². The van der Waals surface area contributed by atoms with Gasteiger partial charge in [-0.2, -0.15) is 4.98 Å². The highest BCUT2D eigenvalue weighted by Gasteiger charge is 2.62. The second kappa shape index (κ2) is 4.31. The van der Waals surface area contributed by atoms with Gasteiger partial charge < -0.3 is 10.3 Å². The van der Waals surface area contributed by atoms with E-state index < -0.39 is 0 Å². The predicted octanol–water partition coefficient (Wildman–Crippen LogP) is 3.21. The molecule has 4 aliphatic rings. The monoisotopic (exact) mass is 289 g/mol. The number of aryl methyl sites for hydroxylation is 1. The molecule has 0 saturated heterocycles. The molecule has 2 unspecified atom stereocenters. The summed E-state index contributed by atoms with van der Waals surface area (Å²) in [4.78, 5) is 4.77. The van der Waals surface area contributed by atoms with Crippen LogP contribution in [0.4, 0.5) is 0 Å². The predicted molar refractivity (Wildman–Crippen MR) is 80.8 cm³/mol. The first-order chi connectivity index (χ1) is 9.94. The molecule has 0 spiro atoms. The summed E-state index contributed by atoms with van der Waals surface area (Å²) in [5.41, 5.74) is 6.71. The number of hydrogen-bond acceptors (Lipinski definition) is 4. The summed E-state index contributed by atoms with van der Waals surface area (Å²) in [6.45, 7) is 5.65. The second-order valence-electron chi connectivity index (χ2n) is 8.82. The molecular weight excluding hydrogens is 262 g/mol. The summed E-state index contributed by atoms with van der Waals surface area (Å²) in [5.74, 6) is 2.63. The van der Waals surface area contributed by atoms with Crippen molar-refractivity contribution in [2.75, 3.05) is 6.54 Å². The minimum Gasteiger partial charge on any atom is -0.339 e. The van der Waals surface area contributed by atoms with E-state index in [-0.39, 0.29) is 5.41 Å². The smallest absolute Gasteiger partial charge is 0.232 e. The molecule has 1 aromatic rings. The minimum absolute atomic E-state index is 0.164. The van der Waals surface area contributed by atoms with Crippen LogP contribution in [0, 0.1) is 16.7 Å². The van der Waals surface area contributed by atoms with Gasteiger partial charge in [-0.05, 0) is 68.2 Å². The van der Waals surface area contributed by atoms with Gasteiger partial charge in [-0.25, -0.2) is 0 Å². The Kier molecular flexibility index (Phi) is 2.82. The van der Waals surface area contributed by atoms with Gasteiger partial charge in [0.25, 0.3) is 0 Å². The highest BCUT2D eigenvalue weighted by molar-refractivity contribution is 5.20. The van der Waals surface area contributed by atoms with E-state index in [1.807, 2.05) is 0 Å². The van der Waals surface area contributed by atoms with E-state index in [1.54, 1.807) is 0 Å². The van der Waals surface area contributed by atoms with Gasteiger partial charge >= 0.3 is 0 Å². The van der Waals surface area contributed by atoms with Gasteiger partial charge in [0.2, 0.25) is 5.89 Å². The summed E-state index contributed by atoms with van der Waals surface area (Å²) in [5, 5.41) is 4.21. The quantitative estimate of drug-likeness (QED) is 0.924. The third kappa shape index (κ3) is 2.14. The van der Waals surface area contributed by atoms with Crippen LogP contribution in [0.5, 0.6) is 0 Å². The molecule has 0 radical (unpaired) electrons. The van der Waals surface area contributed by atoms with Crippen LogP contribution in [0.2, 0.25) is 0 Å². The van der Waals surface area contributed by atoms with Gasteiger partial charge in [0, 0.05) is 6.42 Å². The molecular formula is C17H27N3O. The van der Waals surface area contributed by atoms with Crippen molar-refractivity contribution in [2.45, 2.75) is 70.6 Å². The van der Waals surface area contributed by atoms with E-state index in [1.165, 1.54) is 38.5 Å². The van der Waals surface area contributed by atoms with E-state index in [2.05, 4.69) is 19.0 Å². The van der Waals surface area contributed by atoms with Crippen LogP contribution in [0.1, 0.15) is 70.5 Å². The molecule has 4 heteroatoms. The third-order valence-corrected chi connectivity index (χ3v) is 6.15. The molecule has 4 nitrogen and oxygen atoms in total. The minimum atomic E-state index is 0.164. The number of nitrogens with two attached hydrogens (primary N) is 1. The molecule has 21 heavy (non-hydrogen) atoms. The molecule has 4 aliphatic carbocycles. The molecule has 0 amide bonds. The zero-order valence-electron chi connectivity index (χ0n) is 13.3. The number of hydrogen-bond donors (Lipinski definition) is 1. The number of rotatable bonds is 4. The van der Waals surface area contributed by atoms with Crippen molar-refractivity contribution < 1.29 is 4.52 Å². The normalized spacial score (nSPS) is 44.4. The van der Waals surface area contributed by atoms with Crippen LogP contribution in [-0.4, -0.2) is 16.7 Å². The van der Waals surface area contributed by atoms with Crippen molar-refractivity contribution in [1.29, 1.82) is 0 Å². The first-order valence-corrected chi connectivity index (χ1v) is 8.48. The van der Waals surface area contributed by atoms with Gasteiger partial charge in [0.15, 0.2) is 5.82 Å². The maximum Gasteiger partial charge on any atom is 0.232 e. The fraction of sp³-hybridized carbons (Fsp3) is 0.882. The molecule has 2 atom stereocenters. The molecule has 1 aromatic heterocycles. The Hall–Kier alpha value is -0.900. The molecule has 2 N–H and O–H groups in total. The zero-order valence-corrected chi connectivity index (χ0v) is 13.3. The average molecular weight is 289 g/mol. The first-order valence-electron chi connectivity index (χ1n) is 8.48. The maximum absolute atomic E-state index is 5.73. The molecule has 1 heterocycles. The Morgan fingerprint density at radius 3 is 2.48 bits per heavy atom. The van der Waals surface area contributed by atoms with Gasteiger partial charge in [-0.15, -0.1) is 0 Å². The SMILES string of the molecule is CC12CC3CC(C)(C1)CC(c1nc(CCCN)no1)(C3)C2. The Morgan fingerprint density at radius 2 is 1.86 bits per heavy atom. The van der Waals surface area contributed by atoms with Gasteiger partial charge in [0.1, 0.15) is 0 Å². The van der Waals surface area contributed by atoms with Gasteiger partial charge in [0.05, 0.1) is 5.41 Å². The van der Waals surface area contributed by atoms with E-state index in [0.29, 0.717) is 17.4 Å². The summed E-state index contributed by atoms with van der Waals surface area (Å²) in [6.07, 6.45) is 9.70. The third-order valence-electron chi connectivity index (χ3n) is 6.15. The zero-order chi connectivity index (χ0) is 14.7. The van der Waals surface area contributed by atoms with Gasteiger partial charge in [-0.3, -0.25) is 0 Å². The first kappa shape index (κ1) is 13.7. The van der Waals surface area contributed by atoms with Crippen molar-refractivity contribution in [2.24, 2.45) is 22.5 Å². The van der Waals surface area contributed by atoms with E-state index in [9.17, 15) is 0 Å². The fourth-order valence-electron chi connectivity index (χ4n) is 6.52. The molecule has 4 fully saturated rings. The van der Waals surface area contributed by atoms with Crippen molar-refractivity contribution in [3.63, 3.8) is 0 Å². The lowest BCUT2D eigenvalue weighted by atomic mass is 9.40. The summed E-state index contributed by atoms with van der Waals surface area (Å²) in [6, 6.07) is 0. The molecule has 0 aliphatic heterocycles. The van der Waals surface area contributed by atoms with Crippen LogP contribution >= 0.6 is 0 Å². The van der Waals surface area contributed by atoms with E-state index in [0.717, 1.165) is 30.5 Å². The van der Waals surface area contributed by atoms with Crippen LogP contribution in [0.3, 0.4) is 0 Å². The Balaban J connectivity index is 1.66. The molecule has 5 rings (SSSR count).